The van der Waals surface area contributed by atoms with Crippen molar-refractivity contribution in [3.63, 3.8) is 0 Å². The van der Waals surface area contributed by atoms with Gasteiger partial charge in [-0.15, -0.1) is 0 Å². The number of hydrogen-bond donors (Lipinski definition) is 1. The molecule has 3 rings (SSSR count). The van der Waals surface area contributed by atoms with Gasteiger partial charge in [0.1, 0.15) is 5.82 Å². The second-order valence-corrected chi connectivity index (χ2v) is 7.61. The molecule has 1 amide bonds. The van der Waals surface area contributed by atoms with Crippen LogP contribution in [-0.2, 0) is 11.3 Å². The van der Waals surface area contributed by atoms with Crippen LogP contribution in [0.25, 0.3) is 10.9 Å². The van der Waals surface area contributed by atoms with Crippen molar-refractivity contribution in [1.82, 2.24) is 9.88 Å². The van der Waals surface area contributed by atoms with E-state index in [2.05, 4.69) is 42.1 Å². The number of nitrogens with zero attached hydrogens (tertiary/aromatic N) is 1. The fraction of sp³-hybridized carbons (Fsp3) is 0.400. The number of carbonyl (C=O) groups excluding carboxylic acids is 1. The molecule has 29 heavy (non-hydrogen) atoms. The maximum atomic E-state index is 13.5. The highest BCUT2D eigenvalue weighted by molar-refractivity contribution is 5.86. The highest BCUT2D eigenvalue weighted by Gasteiger charge is 2.22. The number of aryl methyl sites for hydroxylation is 1. The molecule has 0 bridgehead atoms. The Morgan fingerprint density at radius 2 is 1.79 bits per heavy atom. The van der Waals surface area contributed by atoms with E-state index in [4.69, 9.17) is 0 Å². The molecule has 0 unspecified atom stereocenters. The Morgan fingerprint density at radius 1 is 1.03 bits per heavy atom. The fourth-order valence-corrected chi connectivity index (χ4v) is 3.95. The largest absolute Gasteiger partial charge is 0.356 e. The Hall–Kier alpha value is -2.62. The van der Waals surface area contributed by atoms with Gasteiger partial charge in [-0.05, 0) is 42.7 Å². The third kappa shape index (κ3) is 5.26. The molecule has 0 saturated carbocycles. The van der Waals surface area contributed by atoms with Crippen molar-refractivity contribution < 1.29 is 9.18 Å². The summed E-state index contributed by atoms with van der Waals surface area (Å²) in [5.74, 6) is -0.322. The van der Waals surface area contributed by atoms with Crippen molar-refractivity contribution in [3.8, 4) is 0 Å². The number of hydrogen-bond acceptors (Lipinski definition) is 1. The van der Waals surface area contributed by atoms with Crippen LogP contribution in [0.5, 0.6) is 0 Å². The van der Waals surface area contributed by atoms with Crippen LogP contribution in [0.3, 0.4) is 0 Å². The molecule has 3 aromatic rings. The Bertz CT molecular complexity index is 930. The van der Waals surface area contributed by atoms with Gasteiger partial charge in [0.15, 0.2) is 0 Å². The van der Waals surface area contributed by atoms with E-state index >= 15 is 0 Å². The molecule has 154 valence electrons. The summed E-state index contributed by atoms with van der Waals surface area (Å²) in [4.78, 5) is 12.7. The summed E-state index contributed by atoms with van der Waals surface area (Å²) in [6, 6.07) is 14.8. The molecule has 4 heteroatoms. The van der Waals surface area contributed by atoms with Crippen LogP contribution >= 0.6 is 0 Å². The summed E-state index contributed by atoms with van der Waals surface area (Å²) in [7, 11) is 0. The molecular weight excluding hydrogens is 363 g/mol. The molecule has 0 aliphatic carbocycles. The molecule has 0 aliphatic heterocycles. The van der Waals surface area contributed by atoms with Gasteiger partial charge in [-0.3, -0.25) is 4.79 Å². The average Bonchev–Trinajstić information content (AvgIpc) is 3.11. The van der Waals surface area contributed by atoms with E-state index in [1.807, 2.05) is 12.1 Å². The molecule has 0 fully saturated rings. The van der Waals surface area contributed by atoms with E-state index < -0.39 is 0 Å². The minimum atomic E-state index is -0.260. The predicted molar refractivity (Wildman–Crippen MR) is 118 cm³/mol. The zero-order valence-corrected chi connectivity index (χ0v) is 17.5. The molecule has 1 atom stereocenters. The van der Waals surface area contributed by atoms with Gasteiger partial charge >= 0.3 is 0 Å². The number of unbranched alkanes of at least 4 members (excludes halogenated alkanes) is 3. The number of aromatic nitrogens is 1. The molecule has 3 nitrogen and oxygen atoms in total. The number of fused-ring (bicyclic) bond motifs is 1. The van der Waals surface area contributed by atoms with Gasteiger partial charge in [0.05, 0.1) is 0 Å². The third-order valence-corrected chi connectivity index (χ3v) is 5.55. The van der Waals surface area contributed by atoms with Crippen LogP contribution in [-0.4, -0.2) is 17.0 Å². The molecule has 0 saturated heterocycles. The number of nitrogens with one attached hydrogen (secondary N) is 1. The lowest BCUT2D eigenvalue weighted by molar-refractivity contribution is -0.121. The molecule has 1 aromatic heterocycles. The van der Waals surface area contributed by atoms with Crippen molar-refractivity contribution in [1.29, 1.82) is 0 Å². The normalized spacial score (nSPS) is 12.2. The lowest BCUT2D eigenvalue weighted by Crippen LogP contribution is -2.26. The van der Waals surface area contributed by atoms with Crippen LogP contribution in [0, 0.1) is 5.82 Å². The molecule has 2 aromatic carbocycles. The van der Waals surface area contributed by atoms with E-state index in [1.54, 1.807) is 12.1 Å². The first-order valence-electron chi connectivity index (χ1n) is 10.7. The van der Waals surface area contributed by atoms with Gasteiger partial charge in [-0.25, -0.2) is 4.39 Å². The zero-order valence-electron chi connectivity index (χ0n) is 17.5. The molecule has 1 heterocycles. The first-order chi connectivity index (χ1) is 14.1. The first-order valence-corrected chi connectivity index (χ1v) is 10.7. The van der Waals surface area contributed by atoms with Gasteiger partial charge in [-0.2, -0.15) is 0 Å². The summed E-state index contributed by atoms with van der Waals surface area (Å²) in [6.07, 6.45) is 7.04. The maximum Gasteiger partial charge on any atom is 0.220 e. The van der Waals surface area contributed by atoms with Crippen LogP contribution in [0.2, 0.25) is 0 Å². The van der Waals surface area contributed by atoms with Crippen molar-refractivity contribution in [3.05, 3.63) is 71.7 Å². The summed E-state index contributed by atoms with van der Waals surface area (Å²) in [5, 5.41) is 4.22. The highest BCUT2D eigenvalue weighted by Crippen LogP contribution is 2.34. The SMILES string of the molecule is CCCCCCNC(=O)C[C@@H](c1ccc(F)cc1)c1cn(CC)c2ccccc12. The van der Waals surface area contributed by atoms with Gasteiger partial charge in [0, 0.05) is 42.5 Å². The van der Waals surface area contributed by atoms with Crippen LogP contribution in [0.4, 0.5) is 4.39 Å². The predicted octanol–water partition coefficient (Wildman–Crippen LogP) is 6.02. The van der Waals surface area contributed by atoms with Crippen molar-refractivity contribution in [2.24, 2.45) is 0 Å². The minimum Gasteiger partial charge on any atom is -0.356 e. The summed E-state index contributed by atoms with van der Waals surface area (Å²) < 4.78 is 15.7. The maximum absolute atomic E-state index is 13.5. The van der Waals surface area contributed by atoms with Gasteiger partial charge in [0.2, 0.25) is 5.91 Å². The van der Waals surface area contributed by atoms with E-state index in [-0.39, 0.29) is 17.6 Å². The molecule has 1 N–H and O–H groups in total. The zero-order chi connectivity index (χ0) is 20.6. The minimum absolute atomic E-state index is 0.0455. The first kappa shape index (κ1) is 21.1. The standard InChI is InChI=1S/C25H31FN2O/c1-3-5-6-9-16-27-25(29)17-22(19-12-14-20(26)15-13-19)23-18-28(4-2)24-11-8-7-10-21(23)24/h7-8,10-15,18,22H,3-6,9,16-17H2,1-2H3,(H,27,29)/t22-/m0/s1. The second kappa shape index (κ2) is 10.2. The summed E-state index contributed by atoms with van der Waals surface area (Å²) >= 11 is 0. The lowest BCUT2D eigenvalue weighted by Gasteiger charge is -2.17. The van der Waals surface area contributed by atoms with E-state index in [9.17, 15) is 9.18 Å². The second-order valence-electron chi connectivity index (χ2n) is 7.61. The van der Waals surface area contributed by atoms with Crippen LogP contribution < -0.4 is 5.32 Å². The Balaban J connectivity index is 1.87. The van der Waals surface area contributed by atoms with Crippen molar-refractivity contribution >= 4 is 16.8 Å². The monoisotopic (exact) mass is 394 g/mol. The lowest BCUT2D eigenvalue weighted by atomic mass is 9.88. The van der Waals surface area contributed by atoms with Gasteiger partial charge in [0.25, 0.3) is 0 Å². The van der Waals surface area contributed by atoms with E-state index in [0.29, 0.717) is 13.0 Å². The van der Waals surface area contributed by atoms with Crippen LogP contribution in [0.15, 0.2) is 54.7 Å². The van der Waals surface area contributed by atoms with Gasteiger partial charge < -0.3 is 9.88 Å². The highest BCUT2D eigenvalue weighted by atomic mass is 19.1. The fourth-order valence-electron chi connectivity index (χ4n) is 3.95. The summed E-state index contributed by atoms with van der Waals surface area (Å²) in [5.41, 5.74) is 3.25. The Labute approximate surface area is 172 Å². The third-order valence-electron chi connectivity index (χ3n) is 5.55. The van der Waals surface area contributed by atoms with E-state index in [1.165, 1.54) is 25.0 Å². The summed E-state index contributed by atoms with van der Waals surface area (Å²) in [6.45, 7) is 5.87. The number of para-hydroxylation sites is 1. The molecule has 0 aliphatic rings. The molecule has 0 radical (unpaired) electrons. The Kier molecular flexibility index (Phi) is 7.45. The number of rotatable bonds is 10. The quantitative estimate of drug-likeness (QED) is 0.419. The topological polar surface area (TPSA) is 34.0 Å². The number of amides is 1. The van der Waals surface area contributed by atoms with E-state index in [0.717, 1.165) is 41.4 Å². The Morgan fingerprint density at radius 3 is 2.52 bits per heavy atom. The molecular formula is C25H31FN2O. The average molecular weight is 395 g/mol. The van der Waals surface area contributed by atoms with Crippen molar-refractivity contribution in [2.45, 2.75) is 58.4 Å². The number of halogens is 1. The van der Waals surface area contributed by atoms with Crippen LogP contribution in [0.1, 0.15) is 63.0 Å². The smallest absolute Gasteiger partial charge is 0.220 e. The number of carbonyl (C=O) groups is 1. The van der Waals surface area contributed by atoms with Gasteiger partial charge in [-0.1, -0.05) is 56.5 Å². The van der Waals surface area contributed by atoms with Crippen molar-refractivity contribution in [2.75, 3.05) is 6.54 Å². The molecule has 0 spiro atoms. The number of benzene rings is 2.